The van der Waals surface area contributed by atoms with E-state index in [-0.39, 0.29) is 12.5 Å². The van der Waals surface area contributed by atoms with Gasteiger partial charge in [-0.15, -0.1) is 0 Å². The van der Waals surface area contributed by atoms with Gasteiger partial charge in [-0.1, -0.05) is 213 Å². The Bertz CT molecular complexity index is 1070. The normalized spacial score (nSPS) is 20.8. The van der Waals surface area contributed by atoms with E-state index in [1.165, 1.54) is 154 Å². The van der Waals surface area contributed by atoms with Crippen LogP contribution in [-0.4, -0.2) is 95.4 Å². The van der Waals surface area contributed by atoms with Gasteiger partial charge in [0.1, 0.15) is 24.4 Å². The molecule has 13 heteroatoms. The number of ether oxygens (including phenoxy) is 2. The van der Waals surface area contributed by atoms with E-state index >= 15 is 0 Å². The fraction of sp³-hybridized carbons (Fsp3) is 0.978. The van der Waals surface area contributed by atoms with Gasteiger partial charge in [0.05, 0.1) is 25.4 Å². The second-order valence-corrected chi connectivity index (χ2v) is 18.5. The molecule has 0 saturated carbocycles. The van der Waals surface area contributed by atoms with Crippen molar-refractivity contribution >= 4 is 16.3 Å². The molecule has 0 radical (unpaired) electrons. The zero-order valence-electron chi connectivity index (χ0n) is 37.6. The lowest BCUT2D eigenvalue weighted by atomic mass is 9.99. The first-order valence-electron chi connectivity index (χ1n) is 24.4. The molecular weight excluding hydrogens is 775 g/mol. The summed E-state index contributed by atoms with van der Waals surface area (Å²) in [4.78, 5) is 13.0. The molecule has 6 N–H and O–H groups in total. The molecule has 0 aliphatic carbocycles. The van der Waals surface area contributed by atoms with Crippen LogP contribution in [-0.2, 0) is 28.9 Å². The lowest BCUT2D eigenvalue weighted by Gasteiger charge is -2.41. The van der Waals surface area contributed by atoms with Crippen molar-refractivity contribution in [1.29, 1.82) is 0 Å². The van der Waals surface area contributed by atoms with Crippen LogP contribution < -0.4 is 5.32 Å². The highest BCUT2D eigenvalue weighted by Crippen LogP contribution is 2.26. The molecule has 0 aromatic heterocycles. The van der Waals surface area contributed by atoms with Crippen LogP contribution in [0.4, 0.5) is 0 Å². The third kappa shape index (κ3) is 30.7. The third-order valence-electron chi connectivity index (χ3n) is 11.9. The average Bonchev–Trinajstić information content (AvgIpc) is 3.20. The van der Waals surface area contributed by atoms with E-state index in [9.17, 15) is 38.2 Å². The molecule has 12 nitrogen and oxygen atoms in total. The Morgan fingerprint density at radius 3 is 1.36 bits per heavy atom. The van der Waals surface area contributed by atoms with E-state index in [1.54, 1.807) is 0 Å². The van der Waals surface area contributed by atoms with E-state index in [0.29, 0.717) is 12.8 Å². The summed E-state index contributed by atoms with van der Waals surface area (Å²) in [6.45, 7) is 3.46. The van der Waals surface area contributed by atoms with Crippen LogP contribution in [0.25, 0.3) is 0 Å². The zero-order chi connectivity index (χ0) is 43.4. The van der Waals surface area contributed by atoms with Gasteiger partial charge in [-0.25, -0.2) is 4.18 Å². The Kier molecular flexibility index (Phi) is 35.8. The van der Waals surface area contributed by atoms with Gasteiger partial charge in [0.15, 0.2) is 6.29 Å². The van der Waals surface area contributed by atoms with Gasteiger partial charge in [-0.3, -0.25) is 9.35 Å². The first-order chi connectivity index (χ1) is 28.5. The second kappa shape index (κ2) is 37.6. The van der Waals surface area contributed by atoms with Gasteiger partial charge in [-0.05, 0) is 12.8 Å². The summed E-state index contributed by atoms with van der Waals surface area (Å²) >= 11 is 0. The molecule has 1 fully saturated rings. The van der Waals surface area contributed by atoms with Crippen LogP contribution in [0.5, 0.6) is 0 Å². The maximum absolute atomic E-state index is 13.0. The van der Waals surface area contributed by atoms with E-state index in [1.807, 2.05) is 0 Å². The minimum atomic E-state index is -5.07. The molecule has 7 unspecified atom stereocenters. The number of unbranched alkanes of at least 4 members (excludes halogenated alkanes) is 30. The molecule has 0 aromatic carbocycles. The summed E-state index contributed by atoms with van der Waals surface area (Å²) in [5.41, 5.74) is 0. The van der Waals surface area contributed by atoms with E-state index in [4.69, 9.17) is 9.47 Å². The number of rotatable bonds is 42. The Morgan fingerprint density at radius 1 is 0.610 bits per heavy atom. The van der Waals surface area contributed by atoms with Crippen LogP contribution in [0.1, 0.15) is 232 Å². The van der Waals surface area contributed by atoms with E-state index in [2.05, 4.69) is 23.3 Å². The highest BCUT2D eigenvalue weighted by Gasteiger charge is 2.48. The molecular formula is C46H91NO11S. The fourth-order valence-corrected chi connectivity index (χ4v) is 8.62. The number of hydrogen-bond donors (Lipinski definition) is 6. The summed E-state index contributed by atoms with van der Waals surface area (Å²) in [5.74, 6) is -0.227. The first-order valence-corrected chi connectivity index (χ1v) is 25.8. The molecule has 1 heterocycles. The van der Waals surface area contributed by atoms with Crippen molar-refractivity contribution in [1.82, 2.24) is 5.32 Å². The van der Waals surface area contributed by atoms with Crippen molar-refractivity contribution in [3.8, 4) is 0 Å². The van der Waals surface area contributed by atoms with Crippen LogP contribution >= 0.6 is 0 Å². The first kappa shape index (κ1) is 56.1. The molecule has 1 rings (SSSR count). The predicted octanol–water partition coefficient (Wildman–Crippen LogP) is 9.78. The monoisotopic (exact) mass is 866 g/mol. The summed E-state index contributed by atoms with van der Waals surface area (Å²) in [6.07, 6.45) is 31.0. The molecule has 1 amide bonds. The van der Waals surface area contributed by atoms with Crippen molar-refractivity contribution < 1.29 is 51.8 Å². The zero-order valence-corrected chi connectivity index (χ0v) is 38.4. The van der Waals surface area contributed by atoms with Crippen molar-refractivity contribution in [3.63, 3.8) is 0 Å². The summed E-state index contributed by atoms with van der Waals surface area (Å²) < 4.78 is 47.7. The maximum atomic E-state index is 13.0. The van der Waals surface area contributed by atoms with Gasteiger partial charge in [-0.2, -0.15) is 8.42 Å². The molecule has 1 saturated heterocycles. The molecule has 59 heavy (non-hydrogen) atoms. The van der Waals surface area contributed by atoms with Crippen molar-refractivity contribution in [2.24, 2.45) is 0 Å². The molecule has 352 valence electrons. The number of amides is 1. The van der Waals surface area contributed by atoms with Crippen LogP contribution in [0.15, 0.2) is 0 Å². The van der Waals surface area contributed by atoms with Gasteiger partial charge in [0, 0.05) is 6.42 Å². The standard InChI is InChI=1S/C46H91NO11S/c1-3-5-7-9-11-13-15-17-18-19-20-21-22-23-24-25-27-29-31-33-35-40(49)39(47-42(50)36-34-32-30-28-26-16-14-12-10-8-6-4-2)38-56-46-44(52)45(58-59(53,54)55)43(51)41(37-48)57-46/h39-41,43-46,48-49,51-52H,3-38H2,1-2H3,(H,47,50)(H,53,54,55). The maximum Gasteiger partial charge on any atom is 0.397 e. The van der Waals surface area contributed by atoms with Crippen molar-refractivity contribution in [2.45, 2.75) is 275 Å². The number of carbonyl (C=O) groups excluding carboxylic acids is 1. The second-order valence-electron chi connectivity index (χ2n) is 17.4. The van der Waals surface area contributed by atoms with Gasteiger partial charge in [0.25, 0.3) is 0 Å². The van der Waals surface area contributed by atoms with Gasteiger partial charge in [0.2, 0.25) is 5.91 Å². The smallest absolute Gasteiger partial charge is 0.394 e. The summed E-state index contributed by atoms with van der Waals surface area (Å²) in [7, 11) is -5.07. The lowest BCUT2D eigenvalue weighted by Crippen LogP contribution is -2.61. The topological polar surface area (TPSA) is 192 Å². The van der Waals surface area contributed by atoms with Crippen LogP contribution in [0.3, 0.4) is 0 Å². The van der Waals surface area contributed by atoms with Crippen molar-refractivity contribution in [2.75, 3.05) is 13.2 Å². The summed E-state index contributed by atoms with van der Waals surface area (Å²) in [6, 6.07) is -0.851. The number of carbonyl (C=O) groups is 1. The minimum absolute atomic E-state index is 0.227. The molecule has 1 aliphatic heterocycles. The molecule has 0 aromatic rings. The Hall–Kier alpha value is -0.900. The van der Waals surface area contributed by atoms with Crippen molar-refractivity contribution in [3.05, 3.63) is 0 Å². The Labute approximate surface area is 360 Å². The van der Waals surface area contributed by atoms with E-state index in [0.717, 1.165) is 51.4 Å². The Balaban J connectivity index is 2.43. The predicted molar refractivity (Wildman–Crippen MR) is 236 cm³/mol. The average molecular weight is 866 g/mol. The highest BCUT2D eigenvalue weighted by atomic mass is 32.3. The molecule has 0 spiro atoms. The SMILES string of the molecule is CCCCCCCCCCCCCCCCCCCCCCC(O)C(COC1OC(CO)C(O)C(OS(=O)(=O)O)C1O)NC(=O)CCCCCCCCCCCCCC. The molecule has 1 aliphatic rings. The van der Waals surface area contributed by atoms with Crippen LogP contribution in [0.2, 0.25) is 0 Å². The highest BCUT2D eigenvalue weighted by molar-refractivity contribution is 7.80. The lowest BCUT2D eigenvalue weighted by molar-refractivity contribution is -0.298. The van der Waals surface area contributed by atoms with Gasteiger partial charge < -0.3 is 35.2 Å². The third-order valence-corrected chi connectivity index (χ3v) is 12.4. The molecule has 0 bridgehead atoms. The number of nitrogens with one attached hydrogen (secondary N) is 1. The molecule has 7 atom stereocenters. The Morgan fingerprint density at radius 2 is 0.983 bits per heavy atom. The van der Waals surface area contributed by atoms with Gasteiger partial charge >= 0.3 is 10.4 Å². The fourth-order valence-electron chi connectivity index (χ4n) is 8.11. The number of hydrogen-bond acceptors (Lipinski definition) is 10. The minimum Gasteiger partial charge on any atom is -0.394 e. The summed E-state index contributed by atoms with van der Waals surface area (Å²) in [5, 5.41) is 44.9. The largest absolute Gasteiger partial charge is 0.397 e. The number of aliphatic hydroxyl groups is 4. The number of aliphatic hydroxyl groups excluding tert-OH is 4. The van der Waals surface area contributed by atoms with E-state index < -0.39 is 59.9 Å². The quantitative estimate of drug-likeness (QED) is 0.0253. The van der Waals surface area contributed by atoms with Crippen LogP contribution in [0, 0.1) is 0 Å².